The zero-order valence-electron chi connectivity index (χ0n) is 19.3. The highest BCUT2D eigenvalue weighted by Gasteiger charge is 2.16. The SMILES string of the molecule is CN1CCN(c2ccc(Nc3ncc4ccc(=O)n(-n5cnc6c(=O)[nH]c(=O)[nH]c65)c4n3)cc2)CC1. The Balaban J connectivity index is 1.37. The van der Waals surface area contributed by atoms with E-state index in [4.69, 9.17) is 0 Å². The average molecular weight is 486 g/mol. The third-order valence-electron chi connectivity index (χ3n) is 6.24. The monoisotopic (exact) mass is 486 g/mol. The topological polar surface area (TPSA) is 150 Å². The first-order chi connectivity index (χ1) is 17.5. The van der Waals surface area contributed by atoms with Gasteiger partial charge in [-0.25, -0.2) is 19.4 Å². The summed E-state index contributed by atoms with van der Waals surface area (Å²) in [6.45, 7) is 4.02. The lowest BCUT2D eigenvalue weighted by Gasteiger charge is -2.34. The minimum Gasteiger partial charge on any atom is -0.369 e. The first-order valence-electron chi connectivity index (χ1n) is 11.4. The quantitative estimate of drug-likeness (QED) is 0.326. The number of imidazole rings is 1. The van der Waals surface area contributed by atoms with Crippen molar-refractivity contribution in [2.24, 2.45) is 0 Å². The van der Waals surface area contributed by atoms with Gasteiger partial charge in [0.1, 0.15) is 6.33 Å². The number of rotatable bonds is 4. The molecular weight excluding hydrogens is 464 g/mol. The van der Waals surface area contributed by atoms with Gasteiger partial charge in [-0.05, 0) is 37.4 Å². The van der Waals surface area contributed by atoms with Crippen molar-refractivity contribution in [1.29, 1.82) is 0 Å². The average Bonchev–Trinajstić information content (AvgIpc) is 3.28. The number of aromatic amines is 2. The molecule has 1 saturated heterocycles. The first kappa shape index (κ1) is 21.7. The Morgan fingerprint density at radius 2 is 1.69 bits per heavy atom. The van der Waals surface area contributed by atoms with E-state index < -0.39 is 16.8 Å². The molecule has 0 amide bonds. The summed E-state index contributed by atoms with van der Waals surface area (Å²) in [6, 6.07) is 11.0. The second-order valence-corrected chi connectivity index (χ2v) is 8.61. The molecule has 1 aliphatic rings. The van der Waals surface area contributed by atoms with Gasteiger partial charge in [0, 0.05) is 55.2 Å². The van der Waals surface area contributed by atoms with Crippen LogP contribution in [-0.4, -0.2) is 72.4 Å². The van der Waals surface area contributed by atoms with Crippen molar-refractivity contribution in [3.63, 3.8) is 0 Å². The van der Waals surface area contributed by atoms with Crippen LogP contribution in [0, 0.1) is 0 Å². The van der Waals surface area contributed by atoms with Crippen LogP contribution in [0.25, 0.3) is 22.2 Å². The Kier molecular flexibility index (Phi) is 5.11. The molecule has 0 bridgehead atoms. The smallest absolute Gasteiger partial charge is 0.327 e. The molecule has 3 N–H and O–H groups in total. The molecule has 36 heavy (non-hydrogen) atoms. The van der Waals surface area contributed by atoms with Crippen LogP contribution in [0.2, 0.25) is 0 Å². The standard InChI is InChI=1S/C23H22N10O3/c1-30-8-10-31(11-9-30)16-5-3-15(4-6-16)26-22-24-12-14-2-7-17(34)33(19(14)27-22)32-13-25-18-20(32)28-23(36)29-21(18)35/h2-7,12-13H,8-11H2,1H3,(H,24,26,27)(H2,28,29,35,36). The van der Waals surface area contributed by atoms with E-state index in [1.165, 1.54) is 21.7 Å². The second-order valence-electron chi connectivity index (χ2n) is 8.61. The molecule has 1 fully saturated rings. The fourth-order valence-electron chi connectivity index (χ4n) is 4.30. The van der Waals surface area contributed by atoms with Crippen LogP contribution in [0.5, 0.6) is 0 Å². The van der Waals surface area contributed by atoms with Gasteiger partial charge in [-0.3, -0.25) is 19.6 Å². The van der Waals surface area contributed by atoms with Crippen molar-refractivity contribution in [3.05, 3.63) is 80.1 Å². The Hall–Kier alpha value is -4.78. The first-order valence-corrected chi connectivity index (χ1v) is 11.4. The summed E-state index contributed by atoms with van der Waals surface area (Å²) in [7, 11) is 2.13. The number of H-pyrrole nitrogens is 2. The summed E-state index contributed by atoms with van der Waals surface area (Å²) >= 11 is 0. The number of likely N-dealkylation sites (N-methyl/N-ethyl adjacent to an activating group) is 1. The molecule has 0 aliphatic carbocycles. The Morgan fingerprint density at radius 1 is 0.917 bits per heavy atom. The minimum absolute atomic E-state index is 0.00801. The molecule has 0 atom stereocenters. The fraction of sp³-hybridized carbons (Fsp3) is 0.217. The second kappa shape index (κ2) is 8.46. The molecule has 0 unspecified atom stereocenters. The number of benzene rings is 1. The van der Waals surface area contributed by atoms with Gasteiger partial charge in [-0.2, -0.15) is 9.66 Å². The van der Waals surface area contributed by atoms with E-state index in [9.17, 15) is 14.4 Å². The maximum Gasteiger partial charge on any atom is 0.327 e. The van der Waals surface area contributed by atoms with Gasteiger partial charge in [0.2, 0.25) is 5.95 Å². The maximum atomic E-state index is 12.9. The van der Waals surface area contributed by atoms with E-state index in [1.54, 1.807) is 12.3 Å². The molecule has 0 radical (unpaired) electrons. The third kappa shape index (κ3) is 3.80. The van der Waals surface area contributed by atoms with E-state index in [0.29, 0.717) is 5.39 Å². The zero-order chi connectivity index (χ0) is 24.8. The van der Waals surface area contributed by atoms with Gasteiger partial charge in [-0.15, -0.1) is 0 Å². The number of piperazine rings is 1. The van der Waals surface area contributed by atoms with Gasteiger partial charge in [-0.1, -0.05) is 0 Å². The molecule has 13 nitrogen and oxygen atoms in total. The van der Waals surface area contributed by atoms with Crippen molar-refractivity contribution in [2.75, 3.05) is 43.4 Å². The largest absolute Gasteiger partial charge is 0.369 e. The van der Waals surface area contributed by atoms with Gasteiger partial charge in [0.15, 0.2) is 16.8 Å². The van der Waals surface area contributed by atoms with E-state index in [-0.39, 0.29) is 22.8 Å². The number of fused-ring (bicyclic) bond motifs is 2. The van der Waals surface area contributed by atoms with Crippen molar-refractivity contribution in [3.8, 4) is 0 Å². The molecule has 4 aromatic heterocycles. The van der Waals surface area contributed by atoms with E-state index in [2.05, 4.69) is 59.2 Å². The number of hydrogen-bond donors (Lipinski definition) is 3. The predicted molar refractivity (Wildman–Crippen MR) is 135 cm³/mol. The number of anilines is 3. The predicted octanol–water partition coefficient (Wildman–Crippen LogP) is 0.325. The molecule has 5 heterocycles. The highest BCUT2D eigenvalue weighted by molar-refractivity contribution is 5.77. The highest BCUT2D eigenvalue weighted by atomic mass is 16.2. The lowest BCUT2D eigenvalue weighted by Crippen LogP contribution is -2.44. The molecule has 1 aromatic carbocycles. The number of pyridine rings is 1. The maximum absolute atomic E-state index is 12.9. The molecule has 6 rings (SSSR count). The van der Waals surface area contributed by atoms with Crippen molar-refractivity contribution >= 4 is 39.5 Å². The van der Waals surface area contributed by atoms with Crippen LogP contribution in [0.3, 0.4) is 0 Å². The molecule has 13 heteroatoms. The van der Waals surface area contributed by atoms with Gasteiger partial charge in [0.25, 0.3) is 11.1 Å². The molecule has 0 saturated carbocycles. The minimum atomic E-state index is -0.709. The molecule has 5 aromatic rings. The number of aromatic nitrogens is 7. The fourth-order valence-corrected chi connectivity index (χ4v) is 4.30. The Morgan fingerprint density at radius 3 is 2.47 bits per heavy atom. The zero-order valence-corrected chi connectivity index (χ0v) is 19.3. The van der Waals surface area contributed by atoms with Crippen LogP contribution in [0.1, 0.15) is 0 Å². The summed E-state index contributed by atoms with van der Waals surface area (Å²) in [5.74, 6) is 0.282. The van der Waals surface area contributed by atoms with E-state index in [0.717, 1.165) is 37.6 Å². The normalized spacial score (nSPS) is 14.5. The van der Waals surface area contributed by atoms with Crippen LogP contribution in [0.4, 0.5) is 17.3 Å². The van der Waals surface area contributed by atoms with E-state index in [1.807, 2.05) is 12.1 Å². The summed E-state index contributed by atoms with van der Waals surface area (Å²) in [5.41, 5.74) is 0.493. The summed E-state index contributed by atoms with van der Waals surface area (Å²) in [6.07, 6.45) is 2.87. The van der Waals surface area contributed by atoms with Gasteiger partial charge >= 0.3 is 5.69 Å². The number of nitrogens with zero attached hydrogens (tertiary/aromatic N) is 7. The lowest BCUT2D eigenvalue weighted by atomic mass is 10.2. The van der Waals surface area contributed by atoms with Gasteiger partial charge < -0.3 is 15.1 Å². The number of nitrogens with one attached hydrogen (secondary N) is 3. The van der Waals surface area contributed by atoms with Crippen LogP contribution < -0.4 is 27.0 Å². The van der Waals surface area contributed by atoms with Crippen molar-refractivity contribution < 1.29 is 0 Å². The third-order valence-corrected chi connectivity index (χ3v) is 6.24. The van der Waals surface area contributed by atoms with Crippen LogP contribution in [0.15, 0.2) is 63.3 Å². The molecular formula is C23H22N10O3. The highest BCUT2D eigenvalue weighted by Crippen LogP contribution is 2.22. The Labute approximate surface area is 202 Å². The summed E-state index contributed by atoms with van der Waals surface area (Å²) in [5, 5.41) is 3.76. The molecule has 182 valence electrons. The lowest BCUT2D eigenvalue weighted by molar-refractivity contribution is 0.313. The van der Waals surface area contributed by atoms with Crippen molar-refractivity contribution in [2.45, 2.75) is 0 Å². The van der Waals surface area contributed by atoms with Crippen LogP contribution >= 0.6 is 0 Å². The molecule has 0 spiro atoms. The molecule has 1 aliphatic heterocycles. The number of hydrogen-bond acceptors (Lipinski definition) is 9. The van der Waals surface area contributed by atoms with Gasteiger partial charge in [0.05, 0.1) is 0 Å². The Bertz CT molecular complexity index is 1760. The summed E-state index contributed by atoms with van der Waals surface area (Å²) in [4.78, 5) is 59.1. The summed E-state index contributed by atoms with van der Waals surface area (Å²) < 4.78 is 2.52. The van der Waals surface area contributed by atoms with Crippen molar-refractivity contribution in [1.82, 2.24) is 39.2 Å². The van der Waals surface area contributed by atoms with Crippen LogP contribution in [-0.2, 0) is 0 Å². The van der Waals surface area contributed by atoms with E-state index >= 15 is 0 Å².